The highest BCUT2D eigenvalue weighted by Gasteiger charge is 2.23. The SMILES string of the molecule is CC(C)(CC(=O)NCCCc1ccc(NS(C)(=O)=O)cc1)c1ccccc1. The number of hydrogen-bond acceptors (Lipinski definition) is 3. The molecular weight excluding hydrogens is 360 g/mol. The number of benzene rings is 2. The van der Waals surface area contributed by atoms with Crippen molar-refractivity contribution in [1.82, 2.24) is 5.32 Å². The largest absolute Gasteiger partial charge is 0.356 e. The minimum atomic E-state index is -3.25. The van der Waals surface area contributed by atoms with Gasteiger partial charge in [0.05, 0.1) is 6.26 Å². The molecule has 0 spiro atoms. The van der Waals surface area contributed by atoms with Crippen molar-refractivity contribution in [2.45, 2.75) is 38.5 Å². The van der Waals surface area contributed by atoms with Crippen LogP contribution < -0.4 is 10.0 Å². The maximum atomic E-state index is 12.2. The predicted octanol–water partition coefficient (Wildman–Crippen LogP) is 3.47. The molecule has 0 atom stereocenters. The molecule has 2 rings (SSSR count). The van der Waals surface area contributed by atoms with Crippen molar-refractivity contribution < 1.29 is 13.2 Å². The van der Waals surface area contributed by atoms with E-state index in [4.69, 9.17) is 0 Å². The van der Waals surface area contributed by atoms with Gasteiger partial charge in [-0.15, -0.1) is 0 Å². The number of hydrogen-bond donors (Lipinski definition) is 2. The number of rotatable bonds is 9. The maximum absolute atomic E-state index is 12.2. The highest BCUT2D eigenvalue weighted by molar-refractivity contribution is 7.92. The predicted molar refractivity (Wildman–Crippen MR) is 110 cm³/mol. The molecular formula is C21H28N2O3S. The lowest BCUT2D eigenvalue weighted by atomic mass is 9.81. The van der Waals surface area contributed by atoms with Crippen LogP contribution in [0.5, 0.6) is 0 Å². The second kappa shape index (κ2) is 9.04. The Morgan fingerprint density at radius 1 is 1.00 bits per heavy atom. The second-order valence-electron chi connectivity index (χ2n) is 7.45. The van der Waals surface area contributed by atoms with Crippen LogP contribution >= 0.6 is 0 Å². The van der Waals surface area contributed by atoms with Crippen LogP contribution in [-0.4, -0.2) is 27.1 Å². The second-order valence-corrected chi connectivity index (χ2v) is 9.20. The summed E-state index contributed by atoms with van der Waals surface area (Å²) in [6.45, 7) is 4.77. The molecule has 2 aromatic carbocycles. The molecule has 0 aliphatic heterocycles. The number of anilines is 1. The molecule has 0 aliphatic carbocycles. The van der Waals surface area contributed by atoms with E-state index in [-0.39, 0.29) is 11.3 Å². The lowest BCUT2D eigenvalue weighted by Gasteiger charge is -2.24. The van der Waals surface area contributed by atoms with E-state index in [0.29, 0.717) is 18.7 Å². The summed E-state index contributed by atoms with van der Waals surface area (Å²) >= 11 is 0. The lowest BCUT2D eigenvalue weighted by Crippen LogP contribution is -2.31. The zero-order valence-electron chi connectivity index (χ0n) is 16.2. The summed E-state index contributed by atoms with van der Waals surface area (Å²) in [7, 11) is -3.25. The molecule has 0 fully saturated rings. The van der Waals surface area contributed by atoms with Gasteiger partial charge >= 0.3 is 0 Å². The van der Waals surface area contributed by atoms with E-state index in [9.17, 15) is 13.2 Å². The smallest absolute Gasteiger partial charge is 0.229 e. The third kappa shape index (κ3) is 7.43. The monoisotopic (exact) mass is 388 g/mol. The molecule has 6 heteroatoms. The molecule has 0 radical (unpaired) electrons. The van der Waals surface area contributed by atoms with Gasteiger partial charge in [0.15, 0.2) is 0 Å². The Balaban J connectivity index is 1.74. The van der Waals surface area contributed by atoms with Gasteiger partial charge in [-0.25, -0.2) is 8.42 Å². The number of amides is 1. The summed E-state index contributed by atoms with van der Waals surface area (Å²) < 4.78 is 24.8. The van der Waals surface area contributed by atoms with Gasteiger partial charge in [0, 0.05) is 18.7 Å². The Kier molecular flexibility index (Phi) is 7.02. The summed E-state index contributed by atoms with van der Waals surface area (Å²) in [6.07, 6.45) is 3.23. The Morgan fingerprint density at radius 3 is 2.22 bits per heavy atom. The van der Waals surface area contributed by atoms with Crippen molar-refractivity contribution in [2.75, 3.05) is 17.5 Å². The topological polar surface area (TPSA) is 75.3 Å². The van der Waals surface area contributed by atoms with Crippen LogP contribution in [0, 0.1) is 0 Å². The van der Waals surface area contributed by atoms with Crippen molar-refractivity contribution >= 4 is 21.6 Å². The molecule has 5 nitrogen and oxygen atoms in total. The zero-order valence-corrected chi connectivity index (χ0v) is 17.0. The quantitative estimate of drug-likeness (QED) is 0.646. The van der Waals surface area contributed by atoms with Gasteiger partial charge < -0.3 is 5.32 Å². The third-order valence-corrected chi connectivity index (χ3v) is 4.99. The molecule has 146 valence electrons. The molecule has 0 unspecified atom stereocenters. The molecule has 0 heterocycles. The van der Waals surface area contributed by atoms with Crippen LogP contribution in [0.25, 0.3) is 0 Å². The van der Waals surface area contributed by atoms with Crippen molar-refractivity contribution in [1.29, 1.82) is 0 Å². The van der Waals surface area contributed by atoms with Crippen molar-refractivity contribution in [3.63, 3.8) is 0 Å². The summed E-state index contributed by atoms with van der Waals surface area (Å²) in [6, 6.07) is 17.3. The number of carbonyl (C=O) groups excluding carboxylic acids is 1. The Bertz CT molecular complexity index is 845. The van der Waals surface area contributed by atoms with Gasteiger partial charge in [-0.3, -0.25) is 9.52 Å². The first-order chi connectivity index (χ1) is 12.7. The Morgan fingerprint density at radius 2 is 1.63 bits per heavy atom. The van der Waals surface area contributed by atoms with E-state index >= 15 is 0 Å². The highest BCUT2D eigenvalue weighted by Crippen LogP contribution is 2.26. The fraction of sp³-hybridized carbons (Fsp3) is 0.381. The number of nitrogens with one attached hydrogen (secondary N) is 2. The van der Waals surface area contributed by atoms with E-state index in [1.807, 2.05) is 30.3 Å². The fourth-order valence-corrected chi connectivity index (χ4v) is 3.49. The van der Waals surface area contributed by atoms with Crippen LogP contribution in [0.15, 0.2) is 54.6 Å². The summed E-state index contributed by atoms with van der Waals surface area (Å²) in [5, 5.41) is 2.99. The van der Waals surface area contributed by atoms with Crippen LogP contribution in [0.2, 0.25) is 0 Å². The number of sulfonamides is 1. The lowest BCUT2D eigenvalue weighted by molar-refractivity contribution is -0.122. The van der Waals surface area contributed by atoms with Gasteiger partial charge in [-0.2, -0.15) is 0 Å². The Labute approximate surface area is 162 Å². The van der Waals surface area contributed by atoms with Gasteiger partial charge in [0.25, 0.3) is 0 Å². The first-order valence-corrected chi connectivity index (χ1v) is 10.9. The molecule has 2 aromatic rings. The van der Waals surface area contributed by atoms with Gasteiger partial charge in [-0.05, 0) is 41.5 Å². The first kappa shape index (κ1) is 21.0. The number of carbonyl (C=O) groups is 1. The molecule has 27 heavy (non-hydrogen) atoms. The molecule has 1 amide bonds. The van der Waals surface area contributed by atoms with Crippen molar-refractivity contribution in [2.24, 2.45) is 0 Å². The Hall–Kier alpha value is -2.34. The van der Waals surface area contributed by atoms with Crippen molar-refractivity contribution in [3.05, 3.63) is 65.7 Å². The van der Waals surface area contributed by atoms with E-state index in [0.717, 1.165) is 30.2 Å². The van der Waals surface area contributed by atoms with Gasteiger partial charge in [0.1, 0.15) is 0 Å². The minimum absolute atomic E-state index is 0.0524. The highest BCUT2D eigenvalue weighted by atomic mass is 32.2. The maximum Gasteiger partial charge on any atom is 0.229 e. The summed E-state index contributed by atoms with van der Waals surface area (Å²) in [5.41, 5.74) is 2.61. The molecule has 0 aliphatic rings. The van der Waals surface area contributed by atoms with Crippen LogP contribution in [0.3, 0.4) is 0 Å². The average molecular weight is 389 g/mol. The average Bonchev–Trinajstić information content (AvgIpc) is 2.59. The molecule has 0 bridgehead atoms. The first-order valence-electron chi connectivity index (χ1n) is 9.05. The van der Waals surface area contributed by atoms with Gasteiger partial charge in [0.2, 0.25) is 15.9 Å². The molecule has 0 aromatic heterocycles. The molecule has 0 saturated carbocycles. The number of aryl methyl sites for hydroxylation is 1. The van der Waals surface area contributed by atoms with E-state index in [2.05, 4.69) is 36.0 Å². The molecule has 0 saturated heterocycles. The van der Waals surface area contributed by atoms with Crippen LogP contribution in [-0.2, 0) is 26.7 Å². The van der Waals surface area contributed by atoms with Crippen LogP contribution in [0.1, 0.15) is 37.8 Å². The van der Waals surface area contributed by atoms with E-state index in [1.54, 1.807) is 12.1 Å². The third-order valence-electron chi connectivity index (χ3n) is 4.38. The summed E-state index contributed by atoms with van der Waals surface area (Å²) in [4.78, 5) is 12.2. The zero-order chi connectivity index (χ0) is 19.9. The van der Waals surface area contributed by atoms with Gasteiger partial charge in [-0.1, -0.05) is 56.3 Å². The van der Waals surface area contributed by atoms with E-state index < -0.39 is 10.0 Å². The van der Waals surface area contributed by atoms with Crippen LogP contribution in [0.4, 0.5) is 5.69 Å². The van der Waals surface area contributed by atoms with Crippen molar-refractivity contribution in [3.8, 4) is 0 Å². The van der Waals surface area contributed by atoms with E-state index in [1.165, 1.54) is 0 Å². The standard InChI is InChI=1S/C21H28N2O3S/c1-21(2,18-9-5-4-6-10-18)16-20(24)22-15-7-8-17-11-13-19(14-12-17)23-27(3,25)26/h4-6,9-14,23H,7-8,15-16H2,1-3H3,(H,22,24). The summed E-state index contributed by atoms with van der Waals surface area (Å²) in [5.74, 6) is 0.0524. The molecule has 2 N–H and O–H groups in total. The fourth-order valence-electron chi connectivity index (χ4n) is 2.93. The normalized spacial score (nSPS) is 11.8. The minimum Gasteiger partial charge on any atom is -0.356 e.